The Bertz CT molecular complexity index is 1540. The van der Waals surface area contributed by atoms with Crippen molar-refractivity contribution in [1.82, 2.24) is 18.5 Å². The van der Waals surface area contributed by atoms with E-state index in [0.717, 1.165) is 25.7 Å². The van der Waals surface area contributed by atoms with Crippen LogP contribution in [0.15, 0.2) is 53.7 Å². The molecule has 0 aliphatic heterocycles. The topological polar surface area (TPSA) is 120 Å². The number of nitrogens with zero attached hydrogens (tertiary/aromatic N) is 5. The fourth-order valence-corrected chi connectivity index (χ4v) is 6.30. The maximum Gasteiger partial charge on any atom is 0.374 e. The van der Waals surface area contributed by atoms with Crippen molar-refractivity contribution in [3.8, 4) is 6.07 Å². The Hall–Kier alpha value is -3.71. The lowest BCUT2D eigenvalue weighted by atomic mass is 9.84. The molecule has 180 valence electrons. The lowest BCUT2D eigenvalue weighted by molar-refractivity contribution is 0.0502. The van der Waals surface area contributed by atoms with Gasteiger partial charge in [0, 0.05) is 24.0 Å². The largest absolute Gasteiger partial charge is 0.460 e. The van der Waals surface area contributed by atoms with Gasteiger partial charge in [0.2, 0.25) is 5.82 Å². The minimum Gasteiger partial charge on any atom is -0.460 e. The van der Waals surface area contributed by atoms with E-state index in [1.165, 1.54) is 16.4 Å². The fraction of sp³-hybridized carbons (Fsp3) is 0.360. The zero-order valence-electron chi connectivity index (χ0n) is 19.3. The Morgan fingerprint density at radius 1 is 1.17 bits per heavy atom. The molecule has 0 amide bonds. The van der Waals surface area contributed by atoms with Gasteiger partial charge in [-0.15, -0.1) is 0 Å². The smallest absolute Gasteiger partial charge is 0.374 e. The molecule has 5 rings (SSSR count). The number of benzene rings is 1. The van der Waals surface area contributed by atoms with Crippen LogP contribution in [-0.4, -0.2) is 39.5 Å². The van der Waals surface area contributed by atoms with Crippen LogP contribution < -0.4 is 0 Å². The number of rotatable bonds is 6. The molecule has 1 aliphatic carbocycles. The highest BCUT2D eigenvalue weighted by Gasteiger charge is 2.30. The van der Waals surface area contributed by atoms with Crippen molar-refractivity contribution in [2.75, 3.05) is 6.61 Å². The minimum absolute atomic E-state index is 0.0194. The Kier molecular flexibility index (Phi) is 6.03. The summed E-state index contributed by atoms with van der Waals surface area (Å²) in [7, 11) is -3.86. The zero-order valence-corrected chi connectivity index (χ0v) is 20.1. The number of hydrogen-bond donors (Lipinski definition) is 0. The van der Waals surface area contributed by atoms with E-state index in [1.807, 2.05) is 4.57 Å². The van der Waals surface area contributed by atoms with Gasteiger partial charge in [-0.2, -0.15) is 5.26 Å². The van der Waals surface area contributed by atoms with Gasteiger partial charge in [0.05, 0.1) is 29.3 Å². The Morgan fingerprint density at radius 3 is 2.60 bits per heavy atom. The molecule has 1 saturated carbocycles. The minimum atomic E-state index is -3.86. The highest BCUT2D eigenvalue weighted by atomic mass is 32.2. The van der Waals surface area contributed by atoms with E-state index in [4.69, 9.17) is 10.00 Å². The van der Waals surface area contributed by atoms with Crippen LogP contribution in [0, 0.1) is 17.2 Å². The third-order valence-electron chi connectivity index (χ3n) is 6.65. The Balaban J connectivity index is 1.68. The molecule has 0 bridgehead atoms. The third-order valence-corrected chi connectivity index (χ3v) is 8.33. The number of imidazole rings is 1. The number of carbonyl (C=O) groups is 1. The predicted octanol–water partition coefficient (Wildman–Crippen LogP) is 4.44. The quantitative estimate of drug-likeness (QED) is 0.366. The molecule has 1 aromatic carbocycles. The number of hydrogen-bond acceptors (Lipinski definition) is 7. The summed E-state index contributed by atoms with van der Waals surface area (Å²) in [6.45, 7) is 1.96. The number of esters is 1. The van der Waals surface area contributed by atoms with Gasteiger partial charge in [0.1, 0.15) is 5.52 Å². The van der Waals surface area contributed by atoms with Crippen LogP contribution in [0.2, 0.25) is 0 Å². The summed E-state index contributed by atoms with van der Waals surface area (Å²) in [6.07, 6.45) is 6.85. The highest BCUT2D eigenvalue weighted by Crippen LogP contribution is 2.38. The third kappa shape index (κ3) is 3.96. The van der Waals surface area contributed by atoms with Crippen molar-refractivity contribution in [2.45, 2.75) is 50.0 Å². The van der Waals surface area contributed by atoms with Gasteiger partial charge in [-0.1, -0.05) is 18.2 Å². The van der Waals surface area contributed by atoms with E-state index < -0.39 is 16.0 Å². The molecule has 10 heteroatoms. The van der Waals surface area contributed by atoms with E-state index in [-0.39, 0.29) is 29.0 Å². The number of aromatic nitrogens is 4. The Morgan fingerprint density at radius 2 is 1.91 bits per heavy atom. The van der Waals surface area contributed by atoms with Crippen molar-refractivity contribution < 1.29 is 17.9 Å². The van der Waals surface area contributed by atoms with Gasteiger partial charge >= 0.3 is 5.97 Å². The summed E-state index contributed by atoms with van der Waals surface area (Å²) >= 11 is 0. The first-order valence-corrected chi connectivity index (χ1v) is 13.1. The summed E-state index contributed by atoms with van der Waals surface area (Å²) in [5.74, 6) is 0.0155. The highest BCUT2D eigenvalue weighted by molar-refractivity contribution is 7.90. The van der Waals surface area contributed by atoms with Crippen molar-refractivity contribution in [3.63, 3.8) is 0 Å². The number of carbonyl (C=O) groups excluding carboxylic acids is 1. The van der Waals surface area contributed by atoms with Crippen molar-refractivity contribution >= 4 is 38.1 Å². The molecule has 3 heterocycles. The molecule has 9 nitrogen and oxygen atoms in total. The summed E-state index contributed by atoms with van der Waals surface area (Å²) < 4.78 is 35.0. The lowest BCUT2D eigenvalue weighted by Crippen LogP contribution is -2.22. The van der Waals surface area contributed by atoms with E-state index >= 15 is 0 Å². The van der Waals surface area contributed by atoms with Gasteiger partial charge in [-0.05, 0) is 56.7 Å². The molecule has 4 aromatic rings. The van der Waals surface area contributed by atoms with E-state index in [2.05, 4.69) is 16.0 Å². The second-order valence-electron chi connectivity index (χ2n) is 8.72. The molecule has 1 aliphatic rings. The average Bonchev–Trinajstić information content (AvgIpc) is 3.48. The lowest BCUT2D eigenvalue weighted by Gasteiger charge is -2.29. The van der Waals surface area contributed by atoms with Crippen LogP contribution in [0.4, 0.5) is 0 Å². The van der Waals surface area contributed by atoms with Gasteiger partial charge in [0.15, 0.2) is 5.65 Å². The van der Waals surface area contributed by atoms with Crippen molar-refractivity contribution in [1.29, 1.82) is 5.26 Å². The van der Waals surface area contributed by atoms with Crippen LogP contribution in [0.25, 0.3) is 22.1 Å². The van der Waals surface area contributed by atoms with E-state index in [9.17, 15) is 13.2 Å². The van der Waals surface area contributed by atoms with E-state index in [1.54, 1.807) is 43.3 Å². The summed E-state index contributed by atoms with van der Waals surface area (Å²) in [6, 6.07) is 12.1. The van der Waals surface area contributed by atoms with Gasteiger partial charge in [-0.3, -0.25) is 0 Å². The SMILES string of the molecule is CCOC(=O)c1nc2cnc3c(ccn3S(=O)(=O)c3ccccc3)c2n1[C@H]1CC[C@H](CC#N)CC1. The normalized spacial score (nSPS) is 18.5. The molecular formula is C25H25N5O4S. The van der Waals surface area contributed by atoms with Crippen molar-refractivity contribution in [3.05, 3.63) is 54.6 Å². The summed E-state index contributed by atoms with van der Waals surface area (Å²) in [5.41, 5.74) is 1.45. The standard InChI is InChI=1S/C25H25N5O4S/c1-2-34-25(31)24-28-21-16-27-23-20(13-15-29(23)35(32,33)19-6-4-3-5-7-19)22(21)30(24)18-10-8-17(9-11-18)12-14-26/h3-7,13,15-18H,2,8-12H2,1H3/t17-,18-. The van der Waals surface area contributed by atoms with Crippen LogP contribution in [0.3, 0.4) is 0 Å². The molecular weight excluding hydrogens is 466 g/mol. The molecule has 1 fully saturated rings. The molecule has 35 heavy (non-hydrogen) atoms. The number of pyridine rings is 1. The van der Waals surface area contributed by atoms with Gasteiger partial charge in [0.25, 0.3) is 10.0 Å². The number of fused-ring (bicyclic) bond motifs is 3. The number of nitriles is 1. The molecule has 0 radical (unpaired) electrons. The number of ether oxygens (including phenoxy) is 1. The van der Waals surface area contributed by atoms with Gasteiger partial charge in [-0.25, -0.2) is 27.2 Å². The van der Waals surface area contributed by atoms with Crippen LogP contribution in [-0.2, 0) is 14.8 Å². The van der Waals surface area contributed by atoms with Crippen LogP contribution >= 0.6 is 0 Å². The zero-order chi connectivity index (χ0) is 24.6. The predicted molar refractivity (Wildman–Crippen MR) is 129 cm³/mol. The maximum atomic E-state index is 13.3. The first-order chi connectivity index (χ1) is 17.0. The second-order valence-corrected chi connectivity index (χ2v) is 10.5. The van der Waals surface area contributed by atoms with Crippen LogP contribution in [0.1, 0.15) is 55.7 Å². The van der Waals surface area contributed by atoms with Gasteiger partial charge < -0.3 is 9.30 Å². The van der Waals surface area contributed by atoms with E-state index in [0.29, 0.717) is 28.8 Å². The van der Waals surface area contributed by atoms with Crippen molar-refractivity contribution in [2.24, 2.45) is 5.92 Å². The van der Waals surface area contributed by atoms with Crippen LogP contribution in [0.5, 0.6) is 0 Å². The molecule has 0 saturated heterocycles. The average molecular weight is 492 g/mol. The fourth-order valence-electron chi connectivity index (χ4n) is 4.98. The first-order valence-electron chi connectivity index (χ1n) is 11.7. The Labute approximate surface area is 203 Å². The molecule has 3 aromatic heterocycles. The monoisotopic (exact) mass is 491 g/mol. The summed E-state index contributed by atoms with van der Waals surface area (Å²) in [4.78, 5) is 22.0. The molecule has 0 unspecified atom stereocenters. The summed E-state index contributed by atoms with van der Waals surface area (Å²) in [5, 5.41) is 9.67. The maximum absolute atomic E-state index is 13.3. The molecule has 0 atom stereocenters. The first kappa shape index (κ1) is 23.1. The molecule has 0 spiro atoms. The molecule has 0 N–H and O–H groups in total. The second kappa shape index (κ2) is 9.15.